The van der Waals surface area contributed by atoms with E-state index in [9.17, 15) is 4.79 Å². The molecule has 2 rings (SSSR count). The molecule has 2 N–H and O–H groups in total. The van der Waals surface area contributed by atoms with Crippen molar-refractivity contribution >= 4 is 27.9 Å². The predicted octanol–water partition coefficient (Wildman–Crippen LogP) is 2.01. The third kappa shape index (κ3) is 2.04. The Hall–Kier alpha value is -1.88. The molecular formula is C11H11N3OS. The van der Waals surface area contributed by atoms with Crippen LogP contribution in [0.25, 0.3) is 0 Å². The van der Waals surface area contributed by atoms with E-state index < -0.39 is 5.91 Å². The highest BCUT2D eigenvalue weighted by Gasteiger charge is 2.08. The summed E-state index contributed by atoms with van der Waals surface area (Å²) in [4.78, 5) is 17.0. The van der Waals surface area contributed by atoms with Gasteiger partial charge in [0.05, 0.1) is 22.4 Å². The van der Waals surface area contributed by atoms with Gasteiger partial charge >= 0.3 is 0 Å². The second-order valence-electron chi connectivity index (χ2n) is 3.31. The first-order chi connectivity index (χ1) is 7.68. The van der Waals surface area contributed by atoms with Crippen LogP contribution in [0.4, 0.5) is 10.7 Å². The van der Waals surface area contributed by atoms with Crippen LogP contribution in [0.5, 0.6) is 0 Å². The van der Waals surface area contributed by atoms with Crippen molar-refractivity contribution in [1.82, 2.24) is 4.98 Å². The summed E-state index contributed by atoms with van der Waals surface area (Å²) in [6, 6.07) is 5.71. The largest absolute Gasteiger partial charge is 0.366 e. The van der Waals surface area contributed by atoms with Crippen molar-refractivity contribution in [3.05, 3.63) is 41.5 Å². The lowest BCUT2D eigenvalue weighted by molar-refractivity contribution is 0.1000. The molecule has 0 aromatic carbocycles. The van der Waals surface area contributed by atoms with Crippen LogP contribution in [0.1, 0.15) is 10.4 Å². The van der Waals surface area contributed by atoms with Crippen LogP contribution >= 0.6 is 11.3 Å². The van der Waals surface area contributed by atoms with Crippen LogP contribution in [-0.2, 0) is 0 Å². The Kier molecular flexibility index (Phi) is 2.87. The Morgan fingerprint density at radius 2 is 2.31 bits per heavy atom. The van der Waals surface area contributed by atoms with E-state index in [1.807, 2.05) is 29.5 Å². The highest BCUT2D eigenvalue weighted by atomic mass is 32.1. The molecule has 0 bridgehead atoms. The highest BCUT2D eigenvalue weighted by molar-refractivity contribution is 7.14. The average molecular weight is 233 g/mol. The van der Waals surface area contributed by atoms with Gasteiger partial charge in [0.2, 0.25) is 5.91 Å². The van der Waals surface area contributed by atoms with Crippen LogP contribution in [0.2, 0.25) is 0 Å². The van der Waals surface area contributed by atoms with Gasteiger partial charge in [0, 0.05) is 13.2 Å². The number of hydrogen-bond donors (Lipinski definition) is 1. The van der Waals surface area contributed by atoms with E-state index in [1.165, 1.54) is 6.20 Å². The Morgan fingerprint density at radius 1 is 1.50 bits per heavy atom. The second-order valence-corrected chi connectivity index (χ2v) is 4.23. The number of pyridine rings is 1. The van der Waals surface area contributed by atoms with Crippen LogP contribution in [0.15, 0.2) is 36.0 Å². The quantitative estimate of drug-likeness (QED) is 0.882. The number of carbonyl (C=O) groups excluding carboxylic acids is 1. The lowest BCUT2D eigenvalue weighted by Gasteiger charge is -2.16. The molecule has 0 saturated heterocycles. The molecule has 4 nitrogen and oxygen atoms in total. The van der Waals surface area contributed by atoms with Crippen LogP contribution < -0.4 is 10.6 Å². The van der Waals surface area contributed by atoms with Gasteiger partial charge in [-0.3, -0.25) is 9.78 Å². The molecule has 0 aliphatic heterocycles. The monoisotopic (exact) mass is 233 g/mol. The Labute approximate surface area is 97.3 Å². The Morgan fingerprint density at radius 3 is 2.94 bits per heavy atom. The first-order valence-electron chi connectivity index (χ1n) is 4.70. The number of rotatable bonds is 3. The molecule has 2 aromatic rings. The summed E-state index contributed by atoms with van der Waals surface area (Å²) in [7, 11) is 1.92. The highest BCUT2D eigenvalue weighted by Crippen LogP contribution is 2.27. The number of primary amides is 1. The van der Waals surface area contributed by atoms with Crippen LogP contribution in [0, 0.1) is 0 Å². The third-order valence-corrected chi connectivity index (χ3v) is 3.18. The zero-order valence-electron chi connectivity index (χ0n) is 8.75. The molecule has 0 spiro atoms. The number of nitrogens with zero attached hydrogens (tertiary/aromatic N) is 2. The van der Waals surface area contributed by atoms with Crippen molar-refractivity contribution in [3.8, 4) is 0 Å². The fraction of sp³-hybridized carbons (Fsp3) is 0.0909. The van der Waals surface area contributed by atoms with Gasteiger partial charge < -0.3 is 10.6 Å². The van der Waals surface area contributed by atoms with E-state index in [-0.39, 0.29) is 0 Å². The zero-order valence-corrected chi connectivity index (χ0v) is 9.57. The summed E-state index contributed by atoms with van der Waals surface area (Å²) < 4.78 is 0. The van der Waals surface area contributed by atoms with Crippen LogP contribution in [-0.4, -0.2) is 17.9 Å². The minimum absolute atomic E-state index is 0.418. The van der Waals surface area contributed by atoms with E-state index >= 15 is 0 Å². The molecule has 0 atom stereocenters. The van der Waals surface area contributed by atoms with Gasteiger partial charge in [-0.05, 0) is 23.6 Å². The minimum atomic E-state index is -0.464. The van der Waals surface area contributed by atoms with Crippen molar-refractivity contribution in [2.45, 2.75) is 0 Å². The van der Waals surface area contributed by atoms with E-state index in [0.29, 0.717) is 5.56 Å². The van der Waals surface area contributed by atoms with Crippen molar-refractivity contribution < 1.29 is 4.79 Å². The van der Waals surface area contributed by atoms with Crippen molar-refractivity contribution in [2.24, 2.45) is 5.73 Å². The number of amides is 1. The zero-order chi connectivity index (χ0) is 11.5. The van der Waals surface area contributed by atoms with Gasteiger partial charge in [0.1, 0.15) is 0 Å². The topological polar surface area (TPSA) is 59.2 Å². The van der Waals surface area contributed by atoms with E-state index in [0.717, 1.165) is 10.7 Å². The molecule has 0 saturated carbocycles. The van der Waals surface area contributed by atoms with Gasteiger partial charge in [0.15, 0.2) is 0 Å². The maximum absolute atomic E-state index is 11.0. The Bertz CT molecular complexity index is 496. The summed E-state index contributed by atoms with van der Waals surface area (Å²) >= 11 is 1.62. The normalized spacial score (nSPS) is 10.1. The number of anilines is 2. The van der Waals surface area contributed by atoms with E-state index in [2.05, 4.69) is 4.98 Å². The fourth-order valence-electron chi connectivity index (χ4n) is 1.33. The van der Waals surface area contributed by atoms with Crippen molar-refractivity contribution in [3.63, 3.8) is 0 Å². The molecule has 2 aromatic heterocycles. The van der Waals surface area contributed by atoms with Crippen LogP contribution in [0.3, 0.4) is 0 Å². The number of hydrogen-bond acceptors (Lipinski definition) is 4. The standard InChI is InChI=1S/C11H11N3OS/c1-14(10-3-2-4-16-10)9-5-8(11(12)15)6-13-7-9/h2-7H,1H3,(H2,12,15). The van der Waals surface area contributed by atoms with E-state index in [1.54, 1.807) is 23.6 Å². The number of carbonyl (C=O) groups is 1. The fourth-order valence-corrected chi connectivity index (χ4v) is 2.05. The van der Waals surface area contributed by atoms with Gasteiger partial charge in [-0.2, -0.15) is 0 Å². The summed E-state index contributed by atoms with van der Waals surface area (Å²) in [5.41, 5.74) is 6.47. The molecule has 0 aliphatic rings. The van der Waals surface area contributed by atoms with Crippen molar-refractivity contribution in [1.29, 1.82) is 0 Å². The molecule has 16 heavy (non-hydrogen) atoms. The molecule has 0 aliphatic carbocycles. The van der Waals surface area contributed by atoms with Gasteiger partial charge in [0.25, 0.3) is 0 Å². The number of nitrogens with two attached hydrogens (primary N) is 1. The summed E-state index contributed by atoms with van der Waals surface area (Å²) in [5, 5.41) is 3.08. The van der Waals surface area contributed by atoms with Gasteiger partial charge in [-0.25, -0.2) is 0 Å². The smallest absolute Gasteiger partial charge is 0.250 e. The molecular weight excluding hydrogens is 222 g/mol. The molecule has 1 amide bonds. The molecule has 0 fully saturated rings. The molecule has 2 heterocycles. The maximum Gasteiger partial charge on any atom is 0.250 e. The number of thiophene rings is 1. The summed E-state index contributed by atoms with van der Waals surface area (Å²) in [5.74, 6) is -0.464. The average Bonchev–Trinajstić information content (AvgIpc) is 2.81. The molecule has 5 heteroatoms. The minimum Gasteiger partial charge on any atom is -0.366 e. The van der Waals surface area contributed by atoms with Gasteiger partial charge in [-0.1, -0.05) is 0 Å². The third-order valence-electron chi connectivity index (χ3n) is 2.23. The predicted molar refractivity (Wildman–Crippen MR) is 65.1 cm³/mol. The molecule has 0 unspecified atom stereocenters. The Balaban J connectivity index is 2.34. The van der Waals surface area contributed by atoms with Gasteiger partial charge in [-0.15, -0.1) is 11.3 Å². The van der Waals surface area contributed by atoms with E-state index in [4.69, 9.17) is 5.73 Å². The maximum atomic E-state index is 11.0. The number of aromatic nitrogens is 1. The molecule has 82 valence electrons. The summed E-state index contributed by atoms with van der Waals surface area (Å²) in [6.07, 6.45) is 3.17. The lowest BCUT2D eigenvalue weighted by atomic mass is 10.2. The first-order valence-corrected chi connectivity index (χ1v) is 5.58. The summed E-state index contributed by atoms with van der Waals surface area (Å²) in [6.45, 7) is 0. The SMILES string of the molecule is CN(c1cncc(C(N)=O)c1)c1cccs1. The molecule has 0 radical (unpaired) electrons. The van der Waals surface area contributed by atoms with Crippen molar-refractivity contribution in [2.75, 3.05) is 11.9 Å². The second kappa shape index (κ2) is 4.32. The lowest BCUT2D eigenvalue weighted by Crippen LogP contribution is -2.14. The first kappa shape index (κ1) is 10.6.